The van der Waals surface area contributed by atoms with Crippen LogP contribution in [0.5, 0.6) is 0 Å². The molecule has 1 aromatic heterocycles. The Morgan fingerprint density at radius 3 is 2.54 bits per heavy atom. The molecule has 8 heteroatoms. The third-order valence-corrected chi connectivity index (χ3v) is 5.16. The molecule has 0 aliphatic carbocycles. The Bertz CT molecular complexity index is 852. The topological polar surface area (TPSA) is 62.7 Å². The van der Waals surface area contributed by atoms with Crippen molar-refractivity contribution in [3.05, 3.63) is 57.9 Å². The van der Waals surface area contributed by atoms with Gasteiger partial charge in [0.25, 0.3) is 0 Å². The van der Waals surface area contributed by atoms with E-state index in [4.69, 9.17) is 4.74 Å². The first-order valence-electron chi connectivity index (χ1n) is 9.07. The van der Waals surface area contributed by atoms with Gasteiger partial charge in [-0.15, -0.1) is 0 Å². The second-order valence-electron chi connectivity index (χ2n) is 6.42. The van der Waals surface area contributed by atoms with E-state index in [0.29, 0.717) is 42.8 Å². The first-order chi connectivity index (χ1) is 13.5. The number of nitrogens with zero attached hydrogens (tertiary/aromatic N) is 3. The summed E-state index contributed by atoms with van der Waals surface area (Å²) in [6, 6.07) is 8.11. The van der Waals surface area contributed by atoms with Gasteiger partial charge < -0.3 is 14.5 Å². The molecule has 0 spiro atoms. The maximum Gasteiger partial charge on any atom is 0.339 e. The number of esters is 1. The lowest BCUT2D eigenvalue weighted by Crippen LogP contribution is -2.49. The third-order valence-electron chi connectivity index (χ3n) is 4.55. The van der Waals surface area contributed by atoms with E-state index in [2.05, 4.69) is 25.8 Å². The summed E-state index contributed by atoms with van der Waals surface area (Å²) in [5.74, 6) is 0.0575. The molecule has 1 amide bonds. The number of amides is 1. The molecule has 0 bridgehead atoms. The summed E-state index contributed by atoms with van der Waals surface area (Å²) in [6.45, 7) is 4.57. The molecule has 3 rings (SSSR count). The van der Waals surface area contributed by atoms with Gasteiger partial charge in [-0.1, -0.05) is 6.07 Å². The van der Waals surface area contributed by atoms with Gasteiger partial charge in [-0.25, -0.2) is 14.2 Å². The predicted molar refractivity (Wildman–Crippen MR) is 107 cm³/mol. The van der Waals surface area contributed by atoms with Crippen LogP contribution in [-0.2, 0) is 16.0 Å². The molecule has 28 heavy (non-hydrogen) atoms. The number of rotatable bonds is 5. The highest BCUT2D eigenvalue weighted by atomic mass is 79.9. The maximum absolute atomic E-state index is 13.3. The molecule has 2 aromatic rings. The number of hydrogen-bond donors (Lipinski definition) is 0. The van der Waals surface area contributed by atoms with E-state index in [1.54, 1.807) is 36.1 Å². The summed E-state index contributed by atoms with van der Waals surface area (Å²) in [5.41, 5.74) is 1.20. The number of carbonyl (C=O) groups excluding carboxylic acids is 2. The van der Waals surface area contributed by atoms with Crippen molar-refractivity contribution in [3.8, 4) is 0 Å². The van der Waals surface area contributed by atoms with E-state index in [0.717, 1.165) is 11.4 Å². The summed E-state index contributed by atoms with van der Waals surface area (Å²) in [4.78, 5) is 32.4. The second kappa shape index (κ2) is 9.14. The molecule has 0 N–H and O–H groups in total. The summed E-state index contributed by atoms with van der Waals surface area (Å²) in [7, 11) is 0. The number of piperazine rings is 1. The normalized spacial score (nSPS) is 14.1. The largest absolute Gasteiger partial charge is 0.462 e. The van der Waals surface area contributed by atoms with Gasteiger partial charge in [0.2, 0.25) is 5.91 Å². The van der Waals surface area contributed by atoms with Crippen molar-refractivity contribution in [1.82, 2.24) is 9.88 Å². The Labute approximate surface area is 171 Å². The van der Waals surface area contributed by atoms with Crippen molar-refractivity contribution < 1.29 is 18.7 Å². The summed E-state index contributed by atoms with van der Waals surface area (Å²) in [6.07, 6.45) is 1.75. The number of ether oxygens (including phenoxy) is 1. The molecular weight excluding hydrogens is 429 g/mol. The first kappa shape index (κ1) is 20.3. The zero-order chi connectivity index (χ0) is 20.1. The van der Waals surface area contributed by atoms with Crippen LogP contribution in [0.3, 0.4) is 0 Å². The molecule has 1 aliphatic rings. The minimum atomic E-state index is -0.385. The minimum Gasteiger partial charge on any atom is -0.462 e. The molecule has 0 unspecified atom stereocenters. The van der Waals surface area contributed by atoms with Crippen molar-refractivity contribution in [1.29, 1.82) is 0 Å². The van der Waals surface area contributed by atoms with Gasteiger partial charge in [0.05, 0.1) is 23.1 Å². The first-order valence-corrected chi connectivity index (χ1v) is 9.87. The van der Waals surface area contributed by atoms with Crippen LogP contribution in [0, 0.1) is 5.82 Å². The molecule has 0 atom stereocenters. The van der Waals surface area contributed by atoms with Crippen LogP contribution < -0.4 is 4.90 Å². The number of benzene rings is 1. The molecule has 0 radical (unpaired) electrons. The number of pyridine rings is 1. The molecule has 2 heterocycles. The fourth-order valence-corrected chi connectivity index (χ4v) is 3.46. The van der Waals surface area contributed by atoms with Gasteiger partial charge in [-0.05, 0) is 52.7 Å². The van der Waals surface area contributed by atoms with Crippen LogP contribution in [0.15, 0.2) is 41.0 Å². The average molecular weight is 450 g/mol. The lowest BCUT2D eigenvalue weighted by atomic mass is 10.1. The van der Waals surface area contributed by atoms with Crippen LogP contribution in [0.25, 0.3) is 0 Å². The Morgan fingerprint density at radius 1 is 1.18 bits per heavy atom. The van der Waals surface area contributed by atoms with Gasteiger partial charge in [-0.2, -0.15) is 0 Å². The monoisotopic (exact) mass is 449 g/mol. The Balaban J connectivity index is 1.54. The summed E-state index contributed by atoms with van der Waals surface area (Å²) >= 11 is 3.15. The molecule has 1 aliphatic heterocycles. The van der Waals surface area contributed by atoms with Gasteiger partial charge in [-0.3, -0.25) is 4.79 Å². The van der Waals surface area contributed by atoms with Gasteiger partial charge >= 0.3 is 5.97 Å². The quantitative estimate of drug-likeness (QED) is 0.656. The number of hydrogen-bond acceptors (Lipinski definition) is 5. The van der Waals surface area contributed by atoms with E-state index in [1.807, 2.05) is 0 Å². The van der Waals surface area contributed by atoms with E-state index in [-0.39, 0.29) is 24.1 Å². The molecule has 1 saturated heterocycles. The summed E-state index contributed by atoms with van der Waals surface area (Å²) < 4.78 is 18.6. The lowest BCUT2D eigenvalue weighted by Gasteiger charge is -2.35. The molecule has 1 fully saturated rings. The lowest BCUT2D eigenvalue weighted by molar-refractivity contribution is -0.130. The zero-order valence-corrected chi connectivity index (χ0v) is 17.1. The van der Waals surface area contributed by atoms with Crippen molar-refractivity contribution in [2.24, 2.45) is 0 Å². The highest BCUT2D eigenvalue weighted by Gasteiger charge is 2.22. The van der Waals surface area contributed by atoms with Crippen LogP contribution in [-0.4, -0.2) is 54.5 Å². The Morgan fingerprint density at radius 2 is 1.93 bits per heavy atom. The SMILES string of the molecule is CCOC(=O)c1ccc(N2CCN(C(=O)Cc3ccc(F)c(Br)c3)CC2)nc1. The fraction of sp³-hybridized carbons (Fsp3) is 0.350. The van der Waals surface area contributed by atoms with Crippen molar-refractivity contribution >= 4 is 33.6 Å². The number of halogens is 2. The standard InChI is InChI=1S/C20H21BrFN3O3/c1-2-28-20(27)15-4-6-18(23-13-15)24-7-9-25(10-8-24)19(26)12-14-3-5-17(22)16(21)11-14/h3-6,11,13H,2,7-10,12H2,1H3. The number of anilines is 1. The molecule has 0 saturated carbocycles. The van der Waals surface area contributed by atoms with Gasteiger partial charge in [0.15, 0.2) is 0 Å². The van der Waals surface area contributed by atoms with Crippen LogP contribution in [0.1, 0.15) is 22.8 Å². The van der Waals surface area contributed by atoms with E-state index >= 15 is 0 Å². The van der Waals surface area contributed by atoms with Crippen LogP contribution >= 0.6 is 15.9 Å². The van der Waals surface area contributed by atoms with E-state index in [1.165, 1.54) is 12.3 Å². The van der Waals surface area contributed by atoms with E-state index in [9.17, 15) is 14.0 Å². The van der Waals surface area contributed by atoms with Crippen LogP contribution in [0.4, 0.5) is 10.2 Å². The number of carbonyl (C=O) groups is 2. The molecule has 6 nitrogen and oxygen atoms in total. The third kappa shape index (κ3) is 4.86. The highest BCUT2D eigenvalue weighted by molar-refractivity contribution is 9.10. The highest BCUT2D eigenvalue weighted by Crippen LogP contribution is 2.19. The summed E-state index contributed by atoms with van der Waals surface area (Å²) in [5, 5.41) is 0. The fourth-order valence-electron chi connectivity index (χ4n) is 3.03. The average Bonchev–Trinajstić information content (AvgIpc) is 2.71. The van der Waals surface area contributed by atoms with Gasteiger partial charge in [0.1, 0.15) is 11.6 Å². The van der Waals surface area contributed by atoms with Crippen molar-refractivity contribution in [3.63, 3.8) is 0 Å². The predicted octanol–water partition coefficient (Wildman–Crippen LogP) is 3.05. The molecule has 148 valence electrons. The minimum absolute atomic E-state index is 0.0174. The molecule has 1 aromatic carbocycles. The van der Waals surface area contributed by atoms with Gasteiger partial charge in [0, 0.05) is 32.4 Å². The second-order valence-corrected chi connectivity index (χ2v) is 7.27. The molecular formula is C20H21BrFN3O3. The van der Waals surface area contributed by atoms with E-state index < -0.39 is 0 Å². The zero-order valence-electron chi connectivity index (χ0n) is 15.5. The Kier molecular flexibility index (Phi) is 6.61. The smallest absolute Gasteiger partial charge is 0.339 e. The van der Waals surface area contributed by atoms with Crippen molar-refractivity contribution in [2.45, 2.75) is 13.3 Å². The maximum atomic E-state index is 13.3. The van der Waals surface area contributed by atoms with Crippen LogP contribution in [0.2, 0.25) is 0 Å². The number of aromatic nitrogens is 1. The Hall–Kier alpha value is -2.48. The van der Waals surface area contributed by atoms with Crippen molar-refractivity contribution in [2.75, 3.05) is 37.7 Å².